The van der Waals surface area contributed by atoms with Crippen molar-refractivity contribution >= 4 is 18.4 Å². The molecule has 3 nitrogen and oxygen atoms in total. The standard InChI is InChI=1S/C17H23BO3/c1-12(19)17(10-11-17)13-6-8-14(9-7-13)18-20-15(2,3)16(4,5)21-18/h6-9H,10-11H2,1-5H3. The van der Waals surface area contributed by atoms with Crippen molar-refractivity contribution in [3.63, 3.8) is 0 Å². The first kappa shape index (κ1) is 14.8. The molecule has 112 valence electrons. The van der Waals surface area contributed by atoms with Gasteiger partial charge in [-0.15, -0.1) is 0 Å². The van der Waals surface area contributed by atoms with Crippen molar-refractivity contribution in [2.45, 2.75) is 64.1 Å². The number of hydrogen-bond donors (Lipinski definition) is 0. The summed E-state index contributed by atoms with van der Waals surface area (Å²) >= 11 is 0. The lowest BCUT2D eigenvalue weighted by molar-refractivity contribution is -0.119. The lowest BCUT2D eigenvalue weighted by atomic mass is 9.77. The Balaban J connectivity index is 1.82. The van der Waals surface area contributed by atoms with Gasteiger partial charge in [-0.05, 0) is 58.5 Å². The summed E-state index contributed by atoms with van der Waals surface area (Å²) in [6.07, 6.45) is 1.94. The Morgan fingerprint density at radius 1 is 1.00 bits per heavy atom. The van der Waals surface area contributed by atoms with E-state index in [1.54, 1.807) is 6.92 Å². The molecule has 1 aromatic rings. The van der Waals surface area contributed by atoms with Gasteiger partial charge in [-0.25, -0.2) is 0 Å². The topological polar surface area (TPSA) is 35.5 Å². The maximum atomic E-state index is 11.8. The molecule has 1 saturated carbocycles. The number of rotatable bonds is 3. The molecule has 1 aliphatic carbocycles. The van der Waals surface area contributed by atoms with Gasteiger partial charge in [0.05, 0.1) is 16.6 Å². The molecule has 4 heteroatoms. The second kappa shape index (κ2) is 4.44. The smallest absolute Gasteiger partial charge is 0.399 e. The SMILES string of the molecule is CC(=O)C1(c2ccc(B3OC(C)(C)C(C)(C)O3)cc2)CC1. The third kappa shape index (κ3) is 2.25. The van der Waals surface area contributed by atoms with E-state index in [-0.39, 0.29) is 29.5 Å². The van der Waals surface area contributed by atoms with Crippen LogP contribution in [0.4, 0.5) is 0 Å². The van der Waals surface area contributed by atoms with E-state index in [2.05, 4.69) is 39.8 Å². The van der Waals surface area contributed by atoms with Crippen LogP contribution in [0.2, 0.25) is 0 Å². The van der Waals surface area contributed by atoms with Crippen molar-refractivity contribution in [1.29, 1.82) is 0 Å². The molecule has 1 heterocycles. The summed E-state index contributed by atoms with van der Waals surface area (Å²) in [6, 6.07) is 8.16. The van der Waals surface area contributed by atoms with Crippen LogP contribution in [0.1, 0.15) is 53.0 Å². The second-order valence-corrected chi connectivity index (χ2v) is 7.35. The maximum Gasteiger partial charge on any atom is 0.494 e. The van der Waals surface area contributed by atoms with Gasteiger partial charge in [0, 0.05) is 0 Å². The minimum atomic E-state index is -0.337. The highest BCUT2D eigenvalue weighted by Crippen LogP contribution is 2.48. The van der Waals surface area contributed by atoms with E-state index >= 15 is 0 Å². The summed E-state index contributed by atoms with van der Waals surface area (Å²) in [7, 11) is -0.337. The van der Waals surface area contributed by atoms with Gasteiger partial charge in [-0.2, -0.15) is 0 Å². The van der Waals surface area contributed by atoms with Gasteiger partial charge in [0.15, 0.2) is 0 Å². The number of Topliss-reactive ketones (excluding diaryl/α,β-unsaturated/α-hetero) is 1. The van der Waals surface area contributed by atoms with Gasteiger partial charge in [-0.3, -0.25) is 4.79 Å². The van der Waals surface area contributed by atoms with Crippen molar-refractivity contribution in [2.24, 2.45) is 0 Å². The highest BCUT2D eigenvalue weighted by atomic mass is 16.7. The molecular formula is C17H23BO3. The zero-order valence-corrected chi connectivity index (χ0v) is 13.5. The van der Waals surface area contributed by atoms with Crippen LogP contribution in [0.25, 0.3) is 0 Å². The van der Waals surface area contributed by atoms with E-state index in [1.807, 2.05) is 12.1 Å². The number of carbonyl (C=O) groups excluding carboxylic acids is 1. The largest absolute Gasteiger partial charge is 0.494 e. The molecule has 1 aromatic carbocycles. The van der Waals surface area contributed by atoms with Crippen LogP contribution in [-0.2, 0) is 19.5 Å². The van der Waals surface area contributed by atoms with Crippen LogP contribution < -0.4 is 5.46 Å². The quantitative estimate of drug-likeness (QED) is 0.801. The van der Waals surface area contributed by atoms with E-state index in [0.717, 1.165) is 23.9 Å². The normalized spacial score (nSPS) is 24.9. The van der Waals surface area contributed by atoms with Gasteiger partial charge in [0.2, 0.25) is 0 Å². The Hall–Kier alpha value is -1.13. The molecule has 0 radical (unpaired) electrons. The Morgan fingerprint density at radius 3 is 1.86 bits per heavy atom. The van der Waals surface area contributed by atoms with Crippen LogP contribution in [-0.4, -0.2) is 24.1 Å². The highest BCUT2D eigenvalue weighted by molar-refractivity contribution is 6.62. The monoisotopic (exact) mass is 286 g/mol. The maximum absolute atomic E-state index is 11.8. The van der Waals surface area contributed by atoms with Crippen molar-refractivity contribution in [1.82, 2.24) is 0 Å². The van der Waals surface area contributed by atoms with Gasteiger partial charge in [-0.1, -0.05) is 24.3 Å². The van der Waals surface area contributed by atoms with E-state index in [1.165, 1.54) is 0 Å². The Morgan fingerprint density at radius 2 is 1.48 bits per heavy atom. The Bertz CT molecular complexity index is 554. The third-order valence-corrected chi connectivity index (χ3v) is 5.41. The summed E-state index contributed by atoms with van der Waals surface area (Å²) < 4.78 is 12.1. The highest BCUT2D eigenvalue weighted by Gasteiger charge is 2.52. The minimum Gasteiger partial charge on any atom is -0.399 e. The molecule has 21 heavy (non-hydrogen) atoms. The van der Waals surface area contributed by atoms with Crippen LogP contribution in [0.5, 0.6) is 0 Å². The number of hydrogen-bond acceptors (Lipinski definition) is 3. The Kier molecular flexibility index (Phi) is 3.13. The van der Waals surface area contributed by atoms with Gasteiger partial charge in [0.1, 0.15) is 5.78 Å². The Labute approximate surface area is 127 Å². The average Bonchev–Trinajstić information content (AvgIpc) is 3.15. The number of benzene rings is 1. The fourth-order valence-corrected chi connectivity index (χ4v) is 2.91. The predicted molar refractivity (Wildman–Crippen MR) is 83.8 cm³/mol. The molecular weight excluding hydrogens is 263 g/mol. The molecule has 2 aliphatic rings. The summed E-state index contributed by atoms with van der Waals surface area (Å²) in [5, 5.41) is 0. The van der Waals surface area contributed by atoms with Crippen LogP contribution in [0.15, 0.2) is 24.3 Å². The molecule has 3 rings (SSSR count). The van der Waals surface area contributed by atoms with E-state index < -0.39 is 0 Å². The molecule has 0 unspecified atom stereocenters. The van der Waals surface area contributed by atoms with E-state index in [0.29, 0.717) is 0 Å². The fourth-order valence-electron chi connectivity index (χ4n) is 2.91. The molecule has 0 N–H and O–H groups in total. The summed E-state index contributed by atoms with van der Waals surface area (Å²) in [5.41, 5.74) is 1.27. The fraction of sp³-hybridized carbons (Fsp3) is 0.588. The van der Waals surface area contributed by atoms with Crippen molar-refractivity contribution in [2.75, 3.05) is 0 Å². The van der Waals surface area contributed by atoms with Crippen molar-refractivity contribution in [3.05, 3.63) is 29.8 Å². The molecule has 2 fully saturated rings. The zero-order valence-electron chi connectivity index (χ0n) is 13.5. The van der Waals surface area contributed by atoms with Gasteiger partial charge < -0.3 is 9.31 Å². The van der Waals surface area contributed by atoms with Crippen LogP contribution >= 0.6 is 0 Å². The minimum absolute atomic E-state index is 0.214. The number of ketones is 1. The lowest BCUT2D eigenvalue weighted by Gasteiger charge is -2.32. The second-order valence-electron chi connectivity index (χ2n) is 7.35. The predicted octanol–water partition coefficient (Wildman–Crippen LogP) is 2.61. The van der Waals surface area contributed by atoms with Crippen molar-refractivity contribution < 1.29 is 14.1 Å². The number of carbonyl (C=O) groups is 1. The first-order valence-corrected chi connectivity index (χ1v) is 7.65. The molecule has 1 aliphatic heterocycles. The first-order chi connectivity index (χ1) is 9.68. The molecule has 1 saturated heterocycles. The molecule has 0 atom stereocenters. The molecule has 0 spiro atoms. The van der Waals surface area contributed by atoms with Crippen molar-refractivity contribution in [3.8, 4) is 0 Å². The van der Waals surface area contributed by atoms with Crippen LogP contribution in [0, 0.1) is 0 Å². The summed E-state index contributed by atoms with van der Waals surface area (Å²) in [4.78, 5) is 11.8. The third-order valence-electron chi connectivity index (χ3n) is 5.41. The van der Waals surface area contributed by atoms with E-state index in [4.69, 9.17) is 9.31 Å². The van der Waals surface area contributed by atoms with Crippen LogP contribution in [0.3, 0.4) is 0 Å². The van der Waals surface area contributed by atoms with Gasteiger partial charge in [0.25, 0.3) is 0 Å². The van der Waals surface area contributed by atoms with E-state index in [9.17, 15) is 4.79 Å². The average molecular weight is 286 g/mol. The van der Waals surface area contributed by atoms with Gasteiger partial charge >= 0.3 is 7.12 Å². The first-order valence-electron chi connectivity index (χ1n) is 7.65. The zero-order chi connectivity index (χ0) is 15.5. The lowest BCUT2D eigenvalue weighted by Crippen LogP contribution is -2.41. The molecule has 0 aromatic heterocycles. The molecule has 0 amide bonds. The summed E-state index contributed by atoms with van der Waals surface area (Å²) in [6.45, 7) is 9.90. The molecule has 0 bridgehead atoms. The summed E-state index contributed by atoms with van der Waals surface area (Å²) in [5.74, 6) is 0.269.